The fourth-order valence-electron chi connectivity index (χ4n) is 1.97. The molecule has 1 unspecified atom stereocenters. The standard InChI is InChI=1S/C14H23NO/c1-9-6-12(14(3,4)5)13(16)7-11(9)10(2)8-15/h6-7,10,16H,8,15H2,1-5H3. The van der Waals surface area contributed by atoms with Gasteiger partial charge < -0.3 is 10.8 Å². The van der Waals surface area contributed by atoms with Crippen molar-refractivity contribution in [3.8, 4) is 5.75 Å². The van der Waals surface area contributed by atoms with Crippen LogP contribution in [-0.4, -0.2) is 11.7 Å². The summed E-state index contributed by atoms with van der Waals surface area (Å²) in [6.45, 7) is 11.1. The van der Waals surface area contributed by atoms with Gasteiger partial charge >= 0.3 is 0 Å². The normalized spacial score (nSPS) is 13.9. The van der Waals surface area contributed by atoms with E-state index in [1.54, 1.807) is 0 Å². The lowest BCUT2D eigenvalue weighted by atomic mass is 9.83. The molecule has 0 fully saturated rings. The lowest BCUT2D eigenvalue weighted by Gasteiger charge is -2.23. The number of hydrogen-bond acceptors (Lipinski definition) is 2. The molecule has 1 rings (SSSR count). The van der Waals surface area contributed by atoms with E-state index < -0.39 is 0 Å². The highest BCUT2D eigenvalue weighted by Crippen LogP contribution is 2.34. The van der Waals surface area contributed by atoms with Crippen LogP contribution in [0.5, 0.6) is 5.75 Å². The van der Waals surface area contributed by atoms with Gasteiger partial charge in [-0.15, -0.1) is 0 Å². The molecule has 2 nitrogen and oxygen atoms in total. The second kappa shape index (κ2) is 4.46. The molecule has 16 heavy (non-hydrogen) atoms. The zero-order chi connectivity index (χ0) is 12.5. The molecule has 2 heteroatoms. The van der Waals surface area contributed by atoms with E-state index in [2.05, 4.69) is 40.7 Å². The van der Waals surface area contributed by atoms with E-state index in [1.807, 2.05) is 6.07 Å². The van der Waals surface area contributed by atoms with Crippen LogP contribution < -0.4 is 5.73 Å². The van der Waals surface area contributed by atoms with Crippen LogP contribution in [0.25, 0.3) is 0 Å². The molecule has 0 aliphatic rings. The lowest BCUT2D eigenvalue weighted by Crippen LogP contribution is -2.14. The van der Waals surface area contributed by atoms with Crippen molar-refractivity contribution in [2.75, 3.05) is 6.54 Å². The van der Waals surface area contributed by atoms with E-state index in [9.17, 15) is 5.11 Å². The molecule has 0 aliphatic carbocycles. The number of phenols is 1. The van der Waals surface area contributed by atoms with Crippen molar-refractivity contribution in [3.63, 3.8) is 0 Å². The molecule has 0 heterocycles. The average molecular weight is 221 g/mol. The molecule has 1 aromatic rings. The SMILES string of the molecule is Cc1cc(C(C)(C)C)c(O)cc1C(C)CN. The summed E-state index contributed by atoms with van der Waals surface area (Å²) in [6.07, 6.45) is 0. The zero-order valence-electron chi connectivity index (χ0n) is 11.0. The molecule has 0 bridgehead atoms. The van der Waals surface area contributed by atoms with Gasteiger partial charge in [-0.3, -0.25) is 0 Å². The van der Waals surface area contributed by atoms with Gasteiger partial charge in [0.15, 0.2) is 0 Å². The summed E-state index contributed by atoms with van der Waals surface area (Å²) in [5.74, 6) is 0.674. The van der Waals surface area contributed by atoms with Gasteiger partial charge in [0.05, 0.1) is 0 Å². The molecular formula is C14H23NO. The van der Waals surface area contributed by atoms with E-state index in [4.69, 9.17) is 5.73 Å². The first-order valence-electron chi connectivity index (χ1n) is 5.81. The van der Waals surface area contributed by atoms with Crippen LogP contribution in [0.4, 0.5) is 0 Å². The highest BCUT2D eigenvalue weighted by atomic mass is 16.3. The maximum absolute atomic E-state index is 10.1. The third kappa shape index (κ3) is 2.56. The van der Waals surface area contributed by atoms with E-state index in [1.165, 1.54) is 5.56 Å². The second-order valence-corrected chi connectivity index (χ2v) is 5.61. The van der Waals surface area contributed by atoms with Crippen LogP contribution in [-0.2, 0) is 5.41 Å². The summed E-state index contributed by atoms with van der Waals surface area (Å²) >= 11 is 0. The third-order valence-corrected chi connectivity index (χ3v) is 3.08. The molecular weight excluding hydrogens is 198 g/mol. The fourth-order valence-corrected chi connectivity index (χ4v) is 1.97. The summed E-state index contributed by atoms with van der Waals surface area (Å²) in [5, 5.41) is 10.1. The Hall–Kier alpha value is -1.02. The number of aromatic hydroxyl groups is 1. The monoisotopic (exact) mass is 221 g/mol. The fraction of sp³-hybridized carbons (Fsp3) is 0.571. The molecule has 0 saturated heterocycles. The van der Waals surface area contributed by atoms with Crippen LogP contribution in [0.2, 0.25) is 0 Å². The Morgan fingerprint density at radius 3 is 2.31 bits per heavy atom. The van der Waals surface area contributed by atoms with Crippen molar-refractivity contribution in [2.45, 2.75) is 46.0 Å². The molecule has 1 atom stereocenters. The van der Waals surface area contributed by atoms with Gasteiger partial charge in [-0.05, 0) is 47.6 Å². The van der Waals surface area contributed by atoms with E-state index in [0.29, 0.717) is 18.2 Å². The van der Waals surface area contributed by atoms with E-state index in [-0.39, 0.29) is 5.41 Å². The topological polar surface area (TPSA) is 46.2 Å². The largest absolute Gasteiger partial charge is 0.508 e. The Labute approximate surface area is 98.5 Å². The molecule has 0 amide bonds. The number of benzene rings is 1. The highest BCUT2D eigenvalue weighted by Gasteiger charge is 2.20. The molecule has 0 radical (unpaired) electrons. The van der Waals surface area contributed by atoms with Gasteiger partial charge in [0, 0.05) is 0 Å². The Bertz CT molecular complexity index is 377. The predicted molar refractivity (Wildman–Crippen MR) is 69.0 cm³/mol. The third-order valence-electron chi connectivity index (χ3n) is 3.08. The Morgan fingerprint density at radius 2 is 1.88 bits per heavy atom. The van der Waals surface area contributed by atoms with Crippen LogP contribution in [0.15, 0.2) is 12.1 Å². The van der Waals surface area contributed by atoms with Crippen molar-refractivity contribution in [1.29, 1.82) is 0 Å². The number of aryl methyl sites for hydroxylation is 1. The molecule has 3 N–H and O–H groups in total. The van der Waals surface area contributed by atoms with Crippen LogP contribution in [0, 0.1) is 6.92 Å². The Balaban J connectivity index is 3.28. The van der Waals surface area contributed by atoms with Crippen molar-refractivity contribution in [3.05, 3.63) is 28.8 Å². The van der Waals surface area contributed by atoms with Gasteiger partial charge in [-0.1, -0.05) is 33.8 Å². The summed E-state index contributed by atoms with van der Waals surface area (Å²) in [7, 11) is 0. The summed E-state index contributed by atoms with van der Waals surface area (Å²) < 4.78 is 0. The van der Waals surface area contributed by atoms with Crippen LogP contribution in [0.3, 0.4) is 0 Å². The number of phenolic OH excluding ortho intramolecular Hbond substituents is 1. The van der Waals surface area contributed by atoms with Crippen molar-refractivity contribution < 1.29 is 5.11 Å². The molecule has 0 aliphatic heterocycles. The Kier molecular flexibility index (Phi) is 3.64. The second-order valence-electron chi connectivity index (χ2n) is 5.61. The minimum atomic E-state index is -0.0284. The average Bonchev–Trinajstić information content (AvgIpc) is 2.18. The first-order valence-corrected chi connectivity index (χ1v) is 5.81. The minimum Gasteiger partial charge on any atom is -0.508 e. The van der Waals surface area contributed by atoms with E-state index >= 15 is 0 Å². The van der Waals surface area contributed by atoms with Crippen LogP contribution in [0.1, 0.15) is 50.3 Å². The lowest BCUT2D eigenvalue weighted by molar-refractivity contribution is 0.445. The Morgan fingerprint density at radius 1 is 1.31 bits per heavy atom. The number of hydrogen-bond donors (Lipinski definition) is 2. The van der Waals surface area contributed by atoms with E-state index in [0.717, 1.165) is 11.1 Å². The van der Waals surface area contributed by atoms with Gasteiger partial charge in [-0.25, -0.2) is 0 Å². The summed E-state index contributed by atoms with van der Waals surface area (Å²) in [4.78, 5) is 0. The van der Waals surface area contributed by atoms with Gasteiger partial charge in [0.25, 0.3) is 0 Å². The minimum absolute atomic E-state index is 0.0284. The van der Waals surface area contributed by atoms with Crippen molar-refractivity contribution in [2.24, 2.45) is 5.73 Å². The maximum Gasteiger partial charge on any atom is 0.119 e. The molecule has 1 aromatic carbocycles. The van der Waals surface area contributed by atoms with Crippen molar-refractivity contribution >= 4 is 0 Å². The van der Waals surface area contributed by atoms with Crippen LogP contribution >= 0.6 is 0 Å². The van der Waals surface area contributed by atoms with Gasteiger partial charge in [0.2, 0.25) is 0 Å². The molecule has 90 valence electrons. The summed E-state index contributed by atoms with van der Waals surface area (Å²) in [6, 6.07) is 3.95. The predicted octanol–water partition coefficient (Wildman–Crippen LogP) is 3.06. The zero-order valence-corrected chi connectivity index (χ0v) is 11.0. The van der Waals surface area contributed by atoms with Crippen molar-refractivity contribution in [1.82, 2.24) is 0 Å². The van der Waals surface area contributed by atoms with Gasteiger partial charge in [-0.2, -0.15) is 0 Å². The first-order chi connectivity index (χ1) is 7.27. The smallest absolute Gasteiger partial charge is 0.119 e. The molecule has 0 aromatic heterocycles. The number of rotatable bonds is 2. The first kappa shape index (κ1) is 13.0. The quantitative estimate of drug-likeness (QED) is 0.806. The van der Waals surface area contributed by atoms with Gasteiger partial charge in [0.1, 0.15) is 5.75 Å². The number of nitrogens with two attached hydrogens (primary N) is 1. The molecule has 0 spiro atoms. The highest BCUT2D eigenvalue weighted by molar-refractivity contribution is 5.46. The summed E-state index contributed by atoms with van der Waals surface area (Å²) in [5.41, 5.74) is 8.99. The molecule has 0 saturated carbocycles. The maximum atomic E-state index is 10.1.